The third-order valence-corrected chi connectivity index (χ3v) is 3.92. The second-order valence-electron chi connectivity index (χ2n) is 4.96. The topological polar surface area (TPSA) is 64.3 Å². The van der Waals surface area contributed by atoms with Gasteiger partial charge in [-0.05, 0) is 26.7 Å². The highest BCUT2D eigenvalue weighted by Crippen LogP contribution is 2.37. The van der Waals surface area contributed by atoms with E-state index in [2.05, 4.69) is 12.2 Å². The van der Waals surface area contributed by atoms with Crippen molar-refractivity contribution in [2.24, 2.45) is 11.1 Å². The summed E-state index contributed by atoms with van der Waals surface area (Å²) >= 11 is 0. The van der Waals surface area contributed by atoms with Crippen molar-refractivity contribution in [3.05, 3.63) is 0 Å². The molecule has 16 heavy (non-hydrogen) atoms. The lowest BCUT2D eigenvalue weighted by Gasteiger charge is -2.29. The fourth-order valence-corrected chi connectivity index (χ4v) is 2.29. The number of carbonyl (C=O) groups is 1. The van der Waals surface area contributed by atoms with Gasteiger partial charge < -0.3 is 15.8 Å². The van der Waals surface area contributed by atoms with E-state index in [4.69, 9.17) is 10.5 Å². The zero-order valence-corrected chi connectivity index (χ0v) is 10.6. The van der Waals surface area contributed by atoms with Crippen molar-refractivity contribution < 1.29 is 9.53 Å². The maximum Gasteiger partial charge on any atom is 0.224 e. The van der Waals surface area contributed by atoms with Crippen LogP contribution in [-0.2, 0) is 9.53 Å². The molecule has 2 atom stereocenters. The first-order valence-corrected chi connectivity index (χ1v) is 6.08. The molecular weight excluding hydrogens is 204 g/mol. The number of hydrogen-bond donors (Lipinski definition) is 2. The summed E-state index contributed by atoms with van der Waals surface area (Å²) in [5.41, 5.74) is 5.20. The molecule has 1 amide bonds. The Hall–Kier alpha value is -0.610. The number of ether oxygens (including phenoxy) is 1. The van der Waals surface area contributed by atoms with Crippen molar-refractivity contribution in [3.8, 4) is 0 Å². The van der Waals surface area contributed by atoms with Gasteiger partial charge in [-0.2, -0.15) is 0 Å². The summed E-state index contributed by atoms with van der Waals surface area (Å²) in [5, 5.41) is 3.37. The molecule has 2 unspecified atom stereocenters. The molecule has 4 heteroatoms. The molecule has 1 rings (SSSR count). The number of hydrogen-bond acceptors (Lipinski definition) is 3. The molecule has 1 fully saturated rings. The average molecular weight is 228 g/mol. The lowest BCUT2D eigenvalue weighted by atomic mass is 9.85. The molecular formula is C12H24N2O2. The highest BCUT2D eigenvalue weighted by Gasteiger charge is 2.39. The second kappa shape index (κ2) is 5.64. The Labute approximate surface area is 97.9 Å². The summed E-state index contributed by atoms with van der Waals surface area (Å²) < 4.78 is 5.24. The standard InChI is InChI=1S/C12H24N2O2/c1-9(10(2)16-3)14-8-12(11(13)15)6-4-5-7-12/h9-10,14H,4-8H2,1-3H3,(H2,13,15). The van der Waals surface area contributed by atoms with Gasteiger partial charge in [0, 0.05) is 19.7 Å². The van der Waals surface area contributed by atoms with Gasteiger partial charge in [-0.3, -0.25) is 4.79 Å². The maximum atomic E-state index is 11.5. The Bertz CT molecular complexity index is 237. The van der Waals surface area contributed by atoms with E-state index in [0.29, 0.717) is 6.54 Å². The molecule has 94 valence electrons. The van der Waals surface area contributed by atoms with Crippen molar-refractivity contribution >= 4 is 5.91 Å². The van der Waals surface area contributed by atoms with Crippen LogP contribution in [0.5, 0.6) is 0 Å². The number of rotatable bonds is 6. The number of nitrogens with one attached hydrogen (secondary N) is 1. The SMILES string of the molecule is COC(C)C(C)NCC1(C(N)=O)CCCC1. The first-order chi connectivity index (χ1) is 7.52. The lowest BCUT2D eigenvalue weighted by molar-refractivity contribution is -0.127. The summed E-state index contributed by atoms with van der Waals surface area (Å²) in [5.74, 6) is -0.158. The van der Waals surface area contributed by atoms with Crippen LogP contribution < -0.4 is 11.1 Å². The maximum absolute atomic E-state index is 11.5. The van der Waals surface area contributed by atoms with Gasteiger partial charge >= 0.3 is 0 Å². The largest absolute Gasteiger partial charge is 0.380 e. The zero-order chi connectivity index (χ0) is 12.2. The molecule has 0 aliphatic heterocycles. The number of nitrogens with two attached hydrogens (primary N) is 1. The first-order valence-electron chi connectivity index (χ1n) is 6.08. The second-order valence-corrected chi connectivity index (χ2v) is 4.96. The fourth-order valence-electron chi connectivity index (χ4n) is 2.29. The number of primary amides is 1. The number of carbonyl (C=O) groups excluding carboxylic acids is 1. The predicted molar refractivity (Wildman–Crippen MR) is 64.0 cm³/mol. The van der Waals surface area contributed by atoms with Crippen LogP contribution in [0.2, 0.25) is 0 Å². The molecule has 0 aromatic rings. The summed E-state index contributed by atoms with van der Waals surface area (Å²) in [6.07, 6.45) is 4.20. The van der Waals surface area contributed by atoms with Gasteiger partial charge in [0.25, 0.3) is 0 Å². The molecule has 3 N–H and O–H groups in total. The molecule has 0 radical (unpaired) electrons. The van der Waals surface area contributed by atoms with E-state index < -0.39 is 0 Å². The van der Waals surface area contributed by atoms with Crippen LogP contribution in [0, 0.1) is 5.41 Å². The van der Waals surface area contributed by atoms with Crippen LogP contribution in [0.25, 0.3) is 0 Å². The molecule has 1 aliphatic carbocycles. The van der Waals surface area contributed by atoms with E-state index in [1.165, 1.54) is 0 Å². The van der Waals surface area contributed by atoms with Crippen LogP contribution in [-0.4, -0.2) is 31.7 Å². The first kappa shape index (κ1) is 13.5. The molecule has 0 heterocycles. The summed E-state index contributed by atoms with van der Waals surface area (Å²) in [7, 11) is 1.70. The van der Waals surface area contributed by atoms with Crippen molar-refractivity contribution in [2.75, 3.05) is 13.7 Å². The molecule has 0 spiro atoms. The van der Waals surface area contributed by atoms with Gasteiger partial charge in [0.1, 0.15) is 0 Å². The van der Waals surface area contributed by atoms with Crippen molar-refractivity contribution in [3.63, 3.8) is 0 Å². The van der Waals surface area contributed by atoms with Gasteiger partial charge in [-0.25, -0.2) is 0 Å². The Balaban J connectivity index is 2.48. The smallest absolute Gasteiger partial charge is 0.224 e. The van der Waals surface area contributed by atoms with Crippen LogP contribution in [0.15, 0.2) is 0 Å². The number of methoxy groups -OCH3 is 1. The van der Waals surface area contributed by atoms with Gasteiger partial charge in [-0.1, -0.05) is 12.8 Å². The highest BCUT2D eigenvalue weighted by atomic mass is 16.5. The molecule has 4 nitrogen and oxygen atoms in total. The fraction of sp³-hybridized carbons (Fsp3) is 0.917. The Morgan fingerprint density at radius 2 is 2.00 bits per heavy atom. The van der Waals surface area contributed by atoms with E-state index in [1.807, 2.05) is 6.92 Å². The minimum absolute atomic E-state index is 0.145. The molecule has 0 saturated heterocycles. The zero-order valence-electron chi connectivity index (χ0n) is 10.6. The van der Waals surface area contributed by atoms with E-state index in [0.717, 1.165) is 25.7 Å². The van der Waals surface area contributed by atoms with Crippen LogP contribution in [0.3, 0.4) is 0 Å². The van der Waals surface area contributed by atoms with Crippen molar-refractivity contribution in [1.82, 2.24) is 5.32 Å². The molecule has 0 bridgehead atoms. The monoisotopic (exact) mass is 228 g/mol. The normalized spacial score (nSPS) is 22.9. The minimum atomic E-state index is -0.318. The van der Waals surface area contributed by atoms with Gasteiger partial charge in [0.15, 0.2) is 0 Å². The minimum Gasteiger partial charge on any atom is -0.380 e. The number of amides is 1. The van der Waals surface area contributed by atoms with Gasteiger partial charge in [0.2, 0.25) is 5.91 Å². The summed E-state index contributed by atoms with van der Waals surface area (Å²) in [6, 6.07) is 0.238. The van der Waals surface area contributed by atoms with Crippen molar-refractivity contribution in [1.29, 1.82) is 0 Å². The molecule has 1 aliphatic rings. The third kappa shape index (κ3) is 2.95. The Kier molecular flexibility index (Phi) is 4.74. The van der Waals surface area contributed by atoms with E-state index in [-0.39, 0.29) is 23.5 Å². The van der Waals surface area contributed by atoms with E-state index in [1.54, 1.807) is 7.11 Å². The van der Waals surface area contributed by atoms with E-state index >= 15 is 0 Å². The quantitative estimate of drug-likeness (QED) is 0.714. The summed E-state index contributed by atoms with van der Waals surface area (Å²) in [6.45, 7) is 4.76. The van der Waals surface area contributed by atoms with Crippen LogP contribution >= 0.6 is 0 Å². The predicted octanol–water partition coefficient (Wildman–Crippen LogP) is 1.05. The summed E-state index contributed by atoms with van der Waals surface area (Å²) in [4.78, 5) is 11.5. The Morgan fingerprint density at radius 3 is 2.44 bits per heavy atom. The van der Waals surface area contributed by atoms with Crippen LogP contribution in [0.1, 0.15) is 39.5 Å². The highest BCUT2D eigenvalue weighted by molar-refractivity contribution is 5.81. The van der Waals surface area contributed by atoms with Crippen molar-refractivity contribution in [2.45, 2.75) is 51.7 Å². The van der Waals surface area contributed by atoms with E-state index in [9.17, 15) is 4.79 Å². The Morgan fingerprint density at radius 1 is 1.44 bits per heavy atom. The molecule has 0 aromatic heterocycles. The average Bonchev–Trinajstić information content (AvgIpc) is 2.74. The van der Waals surface area contributed by atoms with Crippen LogP contribution in [0.4, 0.5) is 0 Å². The lowest BCUT2D eigenvalue weighted by Crippen LogP contribution is -2.48. The molecule has 0 aromatic carbocycles. The third-order valence-electron chi connectivity index (χ3n) is 3.92. The molecule has 1 saturated carbocycles. The van der Waals surface area contributed by atoms with Gasteiger partial charge in [0.05, 0.1) is 11.5 Å². The van der Waals surface area contributed by atoms with Gasteiger partial charge in [-0.15, -0.1) is 0 Å².